The molecule has 1 aromatic carbocycles. The Balaban J connectivity index is 2.22. The van der Waals surface area contributed by atoms with Crippen molar-refractivity contribution in [2.45, 2.75) is 52.0 Å². The van der Waals surface area contributed by atoms with Gasteiger partial charge in [-0.2, -0.15) is 0 Å². The summed E-state index contributed by atoms with van der Waals surface area (Å²) in [7, 11) is 0. The number of benzene rings is 1. The van der Waals surface area contributed by atoms with Gasteiger partial charge in [-0.25, -0.2) is 0 Å². The van der Waals surface area contributed by atoms with Gasteiger partial charge in [0.25, 0.3) is 0 Å². The molecule has 0 amide bonds. The highest BCUT2D eigenvalue weighted by Gasteiger charge is 2.00. The summed E-state index contributed by atoms with van der Waals surface area (Å²) < 4.78 is 0. The van der Waals surface area contributed by atoms with Crippen molar-refractivity contribution >= 4 is 0 Å². The Bertz CT molecular complexity index is 263. The van der Waals surface area contributed by atoms with Gasteiger partial charge < -0.3 is 5.73 Å². The first-order valence-corrected chi connectivity index (χ1v) is 6.03. The van der Waals surface area contributed by atoms with Gasteiger partial charge in [0, 0.05) is 6.04 Å². The Kier molecular flexibility index (Phi) is 5.41. The van der Waals surface area contributed by atoms with Crippen LogP contribution in [0.3, 0.4) is 0 Å². The summed E-state index contributed by atoms with van der Waals surface area (Å²) in [4.78, 5) is 0. The number of hydrogen-bond acceptors (Lipinski definition) is 1. The summed E-state index contributed by atoms with van der Waals surface area (Å²) in [5, 5.41) is 0. The van der Waals surface area contributed by atoms with E-state index < -0.39 is 0 Å². The molecule has 1 rings (SSSR count). The van der Waals surface area contributed by atoms with Crippen LogP contribution in [0, 0.1) is 6.92 Å². The zero-order valence-corrected chi connectivity index (χ0v) is 10.00. The van der Waals surface area contributed by atoms with Gasteiger partial charge in [-0.15, -0.1) is 0 Å². The summed E-state index contributed by atoms with van der Waals surface area (Å²) in [6.07, 6.45) is 5.89. The fourth-order valence-corrected chi connectivity index (χ4v) is 1.84. The molecule has 1 nitrogen and oxygen atoms in total. The lowest BCUT2D eigenvalue weighted by atomic mass is 10.0. The van der Waals surface area contributed by atoms with Gasteiger partial charge in [-0.05, 0) is 38.2 Å². The third-order valence-corrected chi connectivity index (χ3v) is 2.82. The van der Waals surface area contributed by atoms with E-state index >= 15 is 0 Å². The van der Waals surface area contributed by atoms with Crippen LogP contribution >= 0.6 is 0 Å². The predicted octanol–water partition coefficient (Wildman–Crippen LogP) is 3.45. The van der Waals surface area contributed by atoms with Crippen molar-refractivity contribution in [1.29, 1.82) is 0 Å². The monoisotopic (exact) mass is 205 g/mol. The number of rotatable bonds is 6. The maximum atomic E-state index is 5.97. The van der Waals surface area contributed by atoms with E-state index in [2.05, 4.69) is 38.1 Å². The van der Waals surface area contributed by atoms with Crippen LogP contribution in [-0.4, -0.2) is 6.04 Å². The van der Waals surface area contributed by atoms with Gasteiger partial charge in [0.05, 0.1) is 0 Å². The van der Waals surface area contributed by atoms with Crippen molar-refractivity contribution in [2.75, 3.05) is 0 Å². The highest BCUT2D eigenvalue weighted by molar-refractivity contribution is 5.21. The van der Waals surface area contributed by atoms with Crippen molar-refractivity contribution in [3.8, 4) is 0 Å². The van der Waals surface area contributed by atoms with Crippen molar-refractivity contribution in [2.24, 2.45) is 5.73 Å². The first kappa shape index (κ1) is 12.3. The third kappa shape index (κ3) is 4.98. The van der Waals surface area contributed by atoms with Gasteiger partial charge in [-0.1, -0.05) is 43.2 Å². The van der Waals surface area contributed by atoms with Crippen LogP contribution in [0.5, 0.6) is 0 Å². The molecule has 0 spiro atoms. The van der Waals surface area contributed by atoms with E-state index in [4.69, 9.17) is 5.73 Å². The Labute approximate surface area is 93.7 Å². The summed E-state index contributed by atoms with van der Waals surface area (Å²) in [6, 6.07) is 9.21. The van der Waals surface area contributed by atoms with E-state index in [1.807, 2.05) is 0 Å². The minimum absolute atomic E-state index is 0.403. The molecule has 0 fully saturated rings. The number of hydrogen-bond donors (Lipinski definition) is 1. The summed E-state index contributed by atoms with van der Waals surface area (Å²) >= 11 is 0. The zero-order valence-electron chi connectivity index (χ0n) is 10.00. The highest BCUT2D eigenvalue weighted by atomic mass is 14.6. The molecule has 2 N–H and O–H groups in total. The van der Waals surface area contributed by atoms with Crippen LogP contribution in [0.2, 0.25) is 0 Å². The summed E-state index contributed by atoms with van der Waals surface area (Å²) in [6.45, 7) is 4.32. The average Bonchev–Trinajstić information content (AvgIpc) is 2.21. The van der Waals surface area contributed by atoms with E-state index in [-0.39, 0.29) is 0 Å². The van der Waals surface area contributed by atoms with Gasteiger partial charge in [0.1, 0.15) is 0 Å². The molecule has 0 heterocycles. The maximum Gasteiger partial charge on any atom is 0.00388 e. The van der Waals surface area contributed by atoms with Crippen molar-refractivity contribution in [3.05, 3.63) is 35.4 Å². The minimum atomic E-state index is 0.403. The van der Waals surface area contributed by atoms with Gasteiger partial charge in [0.15, 0.2) is 0 Å². The number of nitrogens with two attached hydrogens (primary N) is 1. The molecule has 0 saturated carbocycles. The second-order valence-electron chi connectivity index (χ2n) is 4.43. The molecule has 0 aliphatic heterocycles. The molecule has 0 radical (unpaired) electrons. The van der Waals surface area contributed by atoms with Gasteiger partial charge in [0.2, 0.25) is 0 Å². The summed E-state index contributed by atoms with van der Waals surface area (Å²) in [5.74, 6) is 0. The molecule has 0 bridgehead atoms. The van der Waals surface area contributed by atoms with Crippen LogP contribution in [0.4, 0.5) is 0 Å². The van der Waals surface area contributed by atoms with Crippen LogP contribution in [0.1, 0.15) is 43.7 Å². The largest absolute Gasteiger partial charge is 0.328 e. The Hall–Kier alpha value is -0.820. The molecule has 1 aromatic rings. The topological polar surface area (TPSA) is 26.0 Å². The normalized spacial score (nSPS) is 12.7. The molecule has 0 aromatic heterocycles. The summed E-state index contributed by atoms with van der Waals surface area (Å²) in [5.41, 5.74) is 8.74. The fraction of sp³-hybridized carbons (Fsp3) is 0.571. The van der Waals surface area contributed by atoms with Gasteiger partial charge in [-0.3, -0.25) is 0 Å². The van der Waals surface area contributed by atoms with Crippen LogP contribution in [0.15, 0.2) is 24.3 Å². The van der Waals surface area contributed by atoms with Crippen molar-refractivity contribution in [1.82, 2.24) is 0 Å². The van der Waals surface area contributed by atoms with Gasteiger partial charge >= 0.3 is 0 Å². The first-order valence-electron chi connectivity index (χ1n) is 6.03. The smallest absolute Gasteiger partial charge is 0.00388 e. The molecule has 15 heavy (non-hydrogen) atoms. The molecule has 1 atom stereocenters. The van der Waals surface area contributed by atoms with Crippen LogP contribution in [0.25, 0.3) is 0 Å². The Morgan fingerprint density at radius 1 is 1.13 bits per heavy atom. The molecule has 0 saturated heterocycles. The SMILES string of the molecule is CCCC(N)CCCc1ccc(C)cc1. The van der Waals surface area contributed by atoms with Crippen LogP contribution in [-0.2, 0) is 6.42 Å². The molecular weight excluding hydrogens is 182 g/mol. The quantitative estimate of drug-likeness (QED) is 0.756. The third-order valence-electron chi connectivity index (χ3n) is 2.82. The minimum Gasteiger partial charge on any atom is -0.328 e. The molecule has 1 heteroatoms. The lowest BCUT2D eigenvalue weighted by molar-refractivity contribution is 0.539. The molecular formula is C14H23N. The number of aryl methyl sites for hydroxylation is 2. The maximum absolute atomic E-state index is 5.97. The van der Waals surface area contributed by atoms with E-state index in [1.165, 1.54) is 24.0 Å². The Morgan fingerprint density at radius 2 is 1.80 bits per heavy atom. The zero-order chi connectivity index (χ0) is 11.1. The fourth-order valence-electron chi connectivity index (χ4n) is 1.84. The Morgan fingerprint density at radius 3 is 2.40 bits per heavy atom. The van der Waals surface area contributed by atoms with Crippen LogP contribution < -0.4 is 5.73 Å². The van der Waals surface area contributed by atoms with Crippen molar-refractivity contribution in [3.63, 3.8) is 0 Å². The van der Waals surface area contributed by atoms with E-state index in [0.29, 0.717) is 6.04 Å². The highest BCUT2D eigenvalue weighted by Crippen LogP contribution is 2.09. The van der Waals surface area contributed by atoms with E-state index in [0.717, 1.165) is 19.3 Å². The lowest BCUT2D eigenvalue weighted by Crippen LogP contribution is -2.19. The molecule has 0 aliphatic rings. The molecule has 84 valence electrons. The predicted molar refractivity (Wildman–Crippen MR) is 67.0 cm³/mol. The average molecular weight is 205 g/mol. The van der Waals surface area contributed by atoms with Crippen molar-refractivity contribution < 1.29 is 0 Å². The second-order valence-corrected chi connectivity index (χ2v) is 4.43. The van der Waals surface area contributed by atoms with E-state index in [1.54, 1.807) is 0 Å². The first-order chi connectivity index (χ1) is 7.22. The molecule has 0 aliphatic carbocycles. The molecule has 1 unspecified atom stereocenters. The standard InChI is InChI=1S/C14H23N/c1-3-5-14(15)7-4-6-13-10-8-12(2)9-11-13/h8-11,14H,3-7,15H2,1-2H3. The second kappa shape index (κ2) is 6.62. The lowest BCUT2D eigenvalue weighted by Gasteiger charge is -2.09. The van der Waals surface area contributed by atoms with E-state index in [9.17, 15) is 0 Å².